The lowest BCUT2D eigenvalue weighted by atomic mass is 10.1. The average molecular weight is 275 g/mol. The molecule has 1 unspecified atom stereocenters. The molecule has 0 fully saturated rings. The van der Waals surface area contributed by atoms with E-state index in [-0.39, 0.29) is 6.04 Å². The summed E-state index contributed by atoms with van der Waals surface area (Å²) in [6.45, 7) is 0. The van der Waals surface area contributed by atoms with E-state index in [4.69, 9.17) is 0 Å². The van der Waals surface area contributed by atoms with Gasteiger partial charge in [-0.2, -0.15) is 0 Å². The maximum absolute atomic E-state index is 4.66. The number of nitrogens with one attached hydrogen (secondary N) is 1. The van der Waals surface area contributed by atoms with Crippen molar-refractivity contribution in [2.45, 2.75) is 12.5 Å². The molecule has 0 radical (unpaired) electrons. The minimum atomic E-state index is 0.247. The van der Waals surface area contributed by atoms with Gasteiger partial charge in [0.05, 0.1) is 32.5 Å². The fraction of sp³-hybridized carbons (Fsp3) is 0.231. The molecule has 3 nitrogen and oxygen atoms in total. The molecule has 0 aliphatic rings. The van der Waals surface area contributed by atoms with Gasteiger partial charge in [0.1, 0.15) is 0 Å². The first-order valence-electron chi connectivity index (χ1n) is 5.76. The van der Waals surface area contributed by atoms with Crippen molar-refractivity contribution >= 4 is 32.9 Å². The van der Waals surface area contributed by atoms with Crippen LogP contribution in [-0.2, 0) is 6.42 Å². The third kappa shape index (κ3) is 2.29. The summed E-state index contributed by atoms with van der Waals surface area (Å²) in [5.41, 5.74) is 4.06. The van der Waals surface area contributed by atoms with Gasteiger partial charge in [-0.25, -0.2) is 9.97 Å². The molecule has 0 saturated heterocycles. The largest absolute Gasteiger partial charge is 0.311 e. The van der Waals surface area contributed by atoms with E-state index in [1.54, 1.807) is 22.7 Å². The van der Waals surface area contributed by atoms with Gasteiger partial charge in [-0.1, -0.05) is 12.1 Å². The fourth-order valence-electron chi connectivity index (χ4n) is 1.93. The average Bonchev–Trinajstić information content (AvgIpc) is 3.04. The number of fused-ring (bicyclic) bond motifs is 1. The predicted octanol–water partition coefficient (Wildman–Crippen LogP) is 3.26. The summed E-state index contributed by atoms with van der Waals surface area (Å²) in [7, 11) is 1.97. The van der Waals surface area contributed by atoms with Crippen LogP contribution in [0.2, 0.25) is 0 Å². The Hall–Kier alpha value is -1.30. The molecular weight excluding hydrogens is 262 g/mol. The number of aromatic nitrogens is 2. The molecule has 1 aromatic carbocycles. The van der Waals surface area contributed by atoms with Crippen molar-refractivity contribution in [1.29, 1.82) is 0 Å². The van der Waals surface area contributed by atoms with E-state index in [1.807, 2.05) is 18.6 Å². The van der Waals surface area contributed by atoms with Crippen LogP contribution in [0, 0.1) is 0 Å². The van der Waals surface area contributed by atoms with E-state index in [9.17, 15) is 0 Å². The highest BCUT2D eigenvalue weighted by Crippen LogP contribution is 2.25. The van der Waals surface area contributed by atoms with Crippen LogP contribution in [0.25, 0.3) is 10.2 Å². The van der Waals surface area contributed by atoms with Crippen molar-refractivity contribution in [3.05, 3.63) is 45.9 Å². The van der Waals surface area contributed by atoms with E-state index >= 15 is 0 Å². The lowest BCUT2D eigenvalue weighted by Gasteiger charge is -2.11. The number of benzene rings is 1. The second kappa shape index (κ2) is 5.14. The Morgan fingerprint density at radius 2 is 2.22 bits per heavy atom. The molecule has 0 saturated carbocycles. The molecule has 3 rings (SSSR count). The minimum absolute atomic E-state index is 0.247. The van der Waals surface area contributed by atoms with Gasteiger partial charge in [0.25, 0.3) is 0 Å². The Bertz CT molecular complexity index is 598. The van der Waals surface area contributed by atoms with Gasteiger partial charge >= 0.3 is 0 Å². The fourth-order valence-corrected chi connectivity index (χ4v) is 3.55. The Kier molecular flexibility index (Phi) is 3.36. The molecule has 0 amide bonds. The normalized spacial score (nSPS) is 12.9. The highest BCUT2D eigenvalue weighted by atomic mass is 32.1. The number of rotatable bonds is 4. The summed E-state index contributed by atoms with van der Waals surface area (Å²) in [5, 5.41) is 6.56. The van der Waals surface area contributed by atoms with Gasteiger partial charge in [-0.3, -0.25) is 0 Å². The van der Waals surface area contributed by atoms with Gasteiger partial charge in [0.2, 0.25) is 0 Å². The third-order valence-electron chi connectivity index (χ3n) is 2.87. The van der Waals surface area contributed by atoms with Crippen LogP contribution in [0.3, 0.4) is 0 Å². The summed E-state index contributed by atoms with van der Waals surface area (Å²) in [4.78, 5) is 9.03. The van der Waals surface area contributed by atoms with E-state index in [2.05, 4.69) is 38.9 Å². The topological polar surface area (TPSA) is 37.8 Å². The summed E-state index contributed by atoms with van der Waals surface area (Å²) in [6, 6.07) is 8.51. The zero-order valence-corrected chi connectivity index (χ0v) is 11.6. The Morgan fingerprint density at radius 1 is 1.33 bits per heavy atom. The first-order chi connectivity index (χ1) is 8.86. The van der Waals surface area contributed by atoms with Crippen molar-refractivity contribution < 1.29 is 0 Å². The summed E-state index contributed by atoms with van der Waals surface area (Å²) < 4.78 is 1.25. The smallest absolute Gasteiger partial charge is 0.0958 e. The number of thiazole rings is 2. The number of para-hydroxylation sites is 1. The highest BCUT2D eigenvalue weighted by Gasteiger charge is 2.14. The van der Waals surface area contributed by atoms with E-state index in [1.165, 1.54) is 4.70 Å². The summed E-state index contributed by atoms with van der Waals surface area (Å²) in [6.07, 6.45) is 0.888. The molecule has 0 bridgehead atoms. The van der Waals surface area contributed by atoms with Crippen molar-refractivity contribution in [3.63, 3.8) is 0 Å². The van der Waals surface area contributed by atoms with Crippen LogP contribution in [0.15, 0.2) is 35.2 Å². The molecule has 1 atom stereocenters. The minimum Gasteiger partial charge on any atom is -0.311 e. The molecule has 18 heavy (non-hydrogen) atoms. The molecule has 92 valence electrons. The number of hydrogen-bond donors (Lipinski definition) is 1. The molecule has 2 heterocycles. The molecule has 2 aromatic heterocycles. The maximum Gasteiger partial charge on any atom is 0.0958 e. The van der Waals surface area contributed by atoms with Crippen molar-refractivity contribution in [2.75, 3.05) is 7.05 Å². The SMILES string of the molecule is CNC(Cc1nc2ccccc2s1)c1cscn1. The monoisotopic (exact) mass is 275 g/mol. The van der Waals surface area contributed by atoms with E-state index in [0.717, 1.165) is 22.6 Å². The highest BCUT2D eigenvalue weighted by molar-refractivity contribution is 7.18. The zero-order valence-electron chi connectivity index (χ0n) is 9.96. The Labute approximate surface area is 114 Å². The van der Waals surface area contributed by atoms with Gasteiger partial charge in [0.15, 0.2) is 0 Å². The predicted molar refractivity (Wildman–Crippen MR) is 77.2 cm³/mol. The molecule has 5 heteroatoms. The van der Waals surface area contributed by atoms with Gasteiger partial charge in [-0.05, 0) is 19.2 Å². The first-order valence-corrected chi connectivity index (χ1v) is 7.52. The lowest BCUT2D eigenvalue weighted by Crippen LogP contribution is -2.18. The summed E-state index contributed by atoms with van der Waals surface area (Å²) >= 11 is 3.39. The van der Waals surface area contributed by atoms with Crippen LogP contribution in [0.1, 0.15) is 16.7 Å². The van der Waals surface area contributed by atoms with E-state index < -0.39 is 0 Å². The quantitative estimate of drug-likeness (QED) is 0.794. The first kappa shape index (κ1) is 11.8. The molecule has 1 N–H and O–H groups in total. The number of likely N-dealkylation sites (N-methyl/N-ethyl adjacent to an activating group) is 1. The van der Waals surface area contributed by atoms with Crippen molar-refractivity contribution in [3.8, 4) is 0 Å². The lowest BCUT2D eigenvalue weighted by molar-refractivity contribution is 0.578. The molecule has 0 aliphatic heterocycles. The molecule has 0 spiro atoms. The van der Waals surface area contributed by atoms with Gasteiger partial charge in [0, 0.05) is 11.8 Å². The molecule has 3 aromatic rings. The van der Waals surface area contributed by atoms with Crippen molar-refractivity contribution in [1.82, 2.24) is 15.3 Å². The van der Waals surface area contributed by atoms with Crippen molar-refractivity contribution in [2.24, 2.45) is 0 Å². The summed E-state index contributed by atoms with van der Waals surface area (Å²) in [5.74, 6) is 0. The number of hydrogen-bond acceptors (Lipinski definition) is 5. The van der Waals surface area contributed by atoms with Crippen LogP contribution < -0.4 is 5.32 Å². The van der Waals surface area contributed by atoms with Gasteiger partial charge < -0.3 is 5.32 Å². The van der Waals surface area contributed by atoms with E-state index in [0.29, 0.717) is 0 Å². The molecular formula is C13H13N3S2. The van der Waals surface area contributed by atoms with Crippen LogP contribution in [-0.4, -0.2) is 17.0 Å². The van der Waals surface area contributed by atoms with Gasteiger partial charge in [-0.15, -0.1) is 22.7 Å². The molecule has 0 aliphatic carbocycles. The standard InChI is InChI=1S/C13H13N3S2/c1-14-10(11-7-17-8-15-11)6-13-16-9-4-2-3-5-12(9)18-13/h2-5,7-8,10,14H,6H2,1H3. The van der Waals surface area contributed by atoms with Crippen LogP contribution >= 0.6 is 22.7 Å². The second-order valence-electron chi connectivity index (χ2n) is 4.03. The second-order valence-corrected chi connectivity index (χ2v) is 5.87. The van der Waals surface area contributed by atoms with Crippen LogP contribution in [0.4, 0.5) is 0 Å². The van der Waals surface area contributed by atoms with Crippen LogP contribution in [0.5, 0.6) is 0 Å². The third-order valence-corrected chi connectivity index (χ3v) is 4.54. The Balaban J connectivity index is 1.86. The number of nitrogens with zero attached hydrogens (tertiary/aromatic N) is 2. The maximum atomic E-state index is 4.66. The zero-order chi connectivity index (χ0) is 12.4. The Morgan fingerprint density at radius 3 is 2.94 bits per heavy atom.